The summed E-state index contributed by atoms with van der Waals surface area (Å²) in [6.45, 7) is 2.38. The van der Waals surface area contributed by atoms with E-state index >= 15 is 0 Å². The van der Waals surface area contributed by atoms with E-state index in [-0.39, 0.29) is 50.4 Å². The fourth-order valence-corrected chi connectivity index (χ4v) is 2.63. The maximum atomic E-state index is 14.2. The number of hydrogen-bond donors (Lipinski definition) is 2. The topological polar surface area (TPSA) is 99.6 Å². The summed E-state index contributed by atoms with van der Waals surface area (Å²) in [4.78, 5) is 8.34. The summed E-state index contributed by atoms with van der Waals surface area (Å²) in [5.41, 5.74) is 6.35. The van der Waals surface area contributed by atoms with Gasteiger partial charge in [-0.1, -0.05) is 0 Å². The normalized spacial score (nSPS) is 14.7. The molecule has 2 heterocycles. The molecule has 174 valence electrons. The van der Waals surface area contributed by atoms with Crippen molar-refractivity contribution in [1.29, 1.82) is 0 Å². The summed E-state index contributed by atoms with van der Waals surface area (Å²) >= 11 is 0. The zero-order valence-electron chi connectivity index (χ0n) is 17.5. The molecular weight excluding hydrogens is 420 g/mol. The zero-order valence-corrected chi connectivity index (χ0v) is 17.5. The van der Waals surface area contributed by atoms with Crippen molar-refractivity contribution in [3.05, 3.63) is 24.0 Å². The summed E-state index contributed by atoms with van der Waals surface area (Å²) < 4.78 is 63.1. The van der Waals surface area contributed by atoms with Crippen molar-refractivity contribution in [2.24, 2.45) is 5.73 Å². The first kappa shape index (κ1) is 25.0. The van der Waals surface area contributed by atoms with Crippen molar-refractivity contribution < 1.29 is 27.0 Å². The molecule has 0 bridgehead atoms. The van der Waals surface area contributed by atoms with Gasteiger partial charge in [0.1, 0.15) is 18.8 Å². The first-order valence-corrected chi connectivity index (χ1v) is 9.94. The van der Waals surface area contributed by atoms with Gasteiger partial charge in [-0.2, -0.15) is 18.3 Å². The Kier molecular flexibility index (Phi) is 9.59. The van der Waals surface area contributed by atoms with E-state index in [0.29, 0.717) is 17.8 Å². The van der Waals surface area contributed by atoms with Gasteiger partial charge in [0.25, 0.3) is 5.88 Å². The predicted molar refractivity (Wildman–Crippen MR) is 107 cm³/mol. The van der Waals surface area contributed by atoms with E-state index in [1.165, 1.54) is 23.1 Å². The van der Waals surface area contributed by atoms with E-state index in [1.807, 2.05) is 6.92 Å². The van der Waals surface area contributed by atoms with Gasteiger partial charge < -0.3 is 20.5 Å². The van der Waals surface area contributed by atoms with Gasteiger partial charge in [0.05, 0.1) is 18.5 Å². The number of halogens is 4. The van der Waals surface area contributed by atoms with Gasteiger partial charge in [-0.15, -0.1) is 0 Å². The number of nitrogens with zero attached hydrogens (tertiary/aromatic N) is 4. The molecule has 8 nitrogen and oxygen atoms in total. The number of rotatable bonds is 13. The van der Waals surface area contributed by atoms with Gasteiger partial charge in [0.2, 0.25) is 5.65 Å². The third-order valence-corrected chi connectivity index (χ3v) is 4.45. The number of nitrogens with one attached hydrogen (secondary N) is 1. The molecule has 2 atom stereocenters. The van der Waals surface area contributed by atoms with Crippen LogP contribution < -0.4 is 15.8 Å². The van der Waals surface area contributed by atoms with Crippen molar-refractivity contribution in [3.8, 4) is 5.88 Å². The third kappa shape index (κ3) is 9.15. The van der Waals surface area contributed by atoms with Crippen LogP contribution in [0.4, 0.5) is 17.6 Å². The van der Waals surface area contributed by atoms with Gasteiger partial charge in [-0.05, 0) is 32.9 Å². The minimum absolute atomic E-state index is 0.0270. The van der Waals surface area contributed by atoms with E-state index in [9.17, 15) is 17.6 Å². The van der Waals surface area contributed by atoms with Crippen molar-refractivity contribution in [3.63, 3.8) is 0 Å². The van der Waals surface area contributed by atoms with Crippen LogP contribution in [-0.4, -0.2) is 64.7 Å². The molecule has 2 aromatic heterocycles. The van der Waals surface area contributed by atoms with E-state index < -0.39 is 18.6 Å². The molecule has 0 saturated heterocycles. The molecule has 3 N–H and O–H groups in total. The van der Waals surface area contributed by atoms with Gasteiger partial charge in [-0.25, -0.2) is 18.9 Å². The van der Waals surface area contributed by atoms with Crippen LogP contribution in [0.1, 0.15) is 38.3 Å². The van der Waals surface area contributed by atoms with E-state index in [2.05, 4.69) is 20.4 Å². The van der Waals surface area contributed by atoms with Crippen LogP contribution in [-0.2, 0) is 4.74 Å². The lowest BCUT2D eigenvalue weighted by molar-refractivity contribution is -0.136. The predicted octanol–water partition coefficient (Wildman–Crippen LogP) is 2.89. The first-order chi connectivity index (χ1) is 14.7. The molecule has 0 fully saturated rings. The molecule has 0 spiro atoms. The highest BCUT2D eigenvalue weighted by Crippen LogP contribution is 2.22. The number of nitrogens with two attached hydrogens (primary N) is 1. The molecule has 12 heteroatoms. The Balaban J connectivity index is 1.83. The van der Waals surface area contributed by atoms with Crippen molar-refractivity contribution in [2.45, 2.75) is 50.9 Å². The van der Waals surface area contributed by atoms with E-state index in [4.69, 9.17) is 15.2 Å². The first-order valence-electron chi connectivity index (χ1n) is 9.94. The summed E-state index contributed by atoms with van der Waals surface area (Å²) in [7, 11) is 1.75. The minimum atomic E-state index is -4.20. The van der Waals surface area contributed by atoms with Crippen molar-refractivity contribution in [1.82, 2.24) is 24.9 Å². The van der Waals surface area contributed by atoms with Crippen LogP contribution in [0.15, 0.2) is 18.4 Å². The second-order valence-electron chi connectivity index (χ2n) is 7.15. The molecule has 0 aromatic carbocycles. The third-order valence-electron chi connectivity index (χ3n) is 4.45. The van der Waals surface area contributed by atoms with Crippen LogP contribution >= 0.6 is 0 Å². The molecule has 0 aliphatic carbocycles. The molecule has 0 aliphatic heterocycles. The van der Waals surface area contributed by atoms with Crippen LogP contribution in [0.25, 0.3) is 11.7 Å². The SMILES string of the molecule is CNC(C)C/C(F)=C/c1cn2ncnc2c(OCCOCC[C@@H](N)CCC(F)(F)F)n1. The Hall–Kier alpha value is -2.31. The zero-order chi connectivity index (χ0) is 22.9. The van der Waals surface area contributed by atoms with E-state index in [1.54, 1.807) is 7.05 Å². The fourth-order valence-electron chi connectivity index (χ4n) is 2.63. The minimum Gasteiger partial charge on any atom is -0.473 e. The highest BCUT2D eigenvalue weighted by molar-refractivity contribution is 5.54. The smallest absolute Gasteiger partial charge is 0.389 e. The highest BCUT2D eigenvalue weighted by atomic mass is 19.4. The number of fused-ring (bicyclic) bond motifs is 1. The van der Waals surface area contributed by atoms with Gasteiger partial charge in [0.15, 0.2) is 0 Å². The monoisotopic (exact) mass is 448 g/mol. The van der Waals surface area contributed by atoms with Gasteiger partial charge >= 0.3 is 6.18 Å². The lowest BCUT2D eigenvalue weighted by Gasteiger charge is -2.13. The lowest BCUT2D eigenvalue weighted by atomic mass is 10.1. The van der Waals surface area contributed by atoms with Crippen LogP contribution in [0, 0.1) is 0 Å². The Labute approximate surface area is 177 Å². The molecule has 0 saturated carbocycles. The van der Waals surface area contributed by atoms with Crippen molar-refractivity contribution in [2.75, 3.05) is 26.9 Å². The summed E-state index contributed by atoms with van der Waals surface area (Å²) in [6.07, 6.45) is -0.549. The lowest BCUT2D eigenvalue weighted by Crippen LogP contribution is -2.25. The Morgan fingerprint density at radius 1 is 1.29 bits per heavy atom. The Morgan fingerprint density at radius 3 is 2.77 bits per heavy atom. The van der Waals surface area contributed by atoms with Crippen LogP contribution in [0.5, 0.6) is 5.88 Å². The average molecular weight is 448 g/mol. The number of hydrogen-bond acceptors (Lipinski definition) is 7. The number of alkyl halides is 3. The van der Waals surface area contributed by atoms with Gasteiger partial charge in [0, 0.05) is 31.5 Å². The quantitative estimate of drug-likeness (QED) is 0.359. The average Bonchev–Trinajstić information content (AvgIpc) is 3.16. The fraction of sp³-hybridized carbons (Fsp3) is 0.632. The Bertz CT molecular complexity index is 842. The van der Waals surface area contributed by atoms with Crippen LogP contribution in [0.2, 0.25) is 0 Å². The summed E-state index contributed by atoms with van der Waals surface area (Å²) in [5, 5.41) is 6.99. The van der Waals surface area contributed by atoms with Crippen molar-refractivity contribution >= 4 is 11.7 Å². The molecule has 2 rings (SSSR count). The van der Waals surface area contributed by atoms with E-state index in [0.717, 1.165) is 0 Å². The maximum Gasteiger partial charge on any atom is 0.389 e. The summed E-state index contributed by atoms with van der Waals surface area (Å²) in [6, 6.07) is -0.607. The number of aromatic nitrogens is 4. The molecule has 0 amide bonds. The molecule has 0 aliphatic rings. The Morgan fingerprint density at radius 2 is 2.06 bits per heavy atom. The highest BCUT2D eigenvalue weighted by Gasteiger charge is 2.27. The molecular formula is C19H28F4N6O2. The summed E-state index contributed by atoms with van der Waals surface area (Å²) in [5.74, 6) is -0.170. The second kappa shape index (κ2) is 11.9. The molecule has 0 radical (unpaired) electrons. The maximum absolute atomic E-state index is 14.2. The molecule has 2 aromatic rings. The standard InChI is InChI=1S/C19H28F4N6O2/c1-13(25-2)9-14(20)10-16-11-29-17(26-12-27-29)18(28-16)31-8-7-30-6-4-15(24)3-5-19(21,22)23/h10-13,15,25H,3-9,24H2,1-2H3/b14-10-/t13?,15-/m0/s1. The largest absolute Gasteiger partial charge is 0.473 e. The van der Waals surface area contributed by atoms with Gasteiger partial charge in [-0.3, -0.25) is 0 Å². The molecule has 31 heavy (non-hydrogen) atoms. The molecule has 1 unspecified atom stereocenters. The second-order valence-corrected chi connectivity index (χ2v) is 7.15. The van der Waals surface area contributed by atoms with Crippen LogP contribution in [0.3, 0.4) is 0 Å². The number of ether oxygens (including phenoxy) is 2.